The standard InChI is InChI=1S/C27H28N6O3S/c28-18-25-29-17-14-24(31-25)27(15-2-1-3-16-27)32-26(34)30-21-8-4-19(5-9-21)20-6-12-23(13-7-20)37(35,36)33-22-10-11-22/h4-9,12-14,17,22,33H,1-3,10-11,15-16H2,(H2,30,32,34). The molecule has 0 saturated heterocycles. The van der Waals surface area contributed by atoms with Crippen molar-refractivity contribution in [3.8, 4) is 17.2 Å². The lowest BCUT2D eigenvalue weighted by Gasteiger charge is -2.37. The summed E-state index contributed by atoms with van der Waals surface area (Å²) in [5, 5.41) is 15.2. The normalized spacial score (nSPS) is 16.9. The highest BCUT2D eigenvalue weighted by atomic mass is 32.2. The molecule has 2 amide bonds. The molecule has 3 N–H and O–H groups in total. The first-order valence-corrected chi connectivity index (χ1v) is 13.9. The molecule has 2 aliphatic carbocycles. The summed E-state index contributed by atoms with van der Waals surface area (Å²) in [4.78, 5) is 21.6. The van der Waals surface area contributed by atoms with Crippen LogP contribution in [0.4, 0.5) is 10.5 Å². The molecule has 9 nitrogen and oxygen atoms in total. The van der Waals surface area contributed by atoms with Gasteiger partial charge in [-0.3, -0.25) is 0 Å². The first-order chi connectivity index (χ1) is 17.9. The van der Waals surface area contributed by atoms with E-state index in [1.165, 1.54) is 0 Å². The van der Waals surface area contributed by atoms with Crippen LogP contribution in [-0.2, 0) is 15.6 Å². The topological polar surface area (TPSA) is 137 Å². The molecule has 0 unspecified atom stereocenters. The lowest BCUT2D eigenvalue weighted by molar-refractivity contribution is 0.209. The number of nitrogens with one attached hydrogen (secondary N) is 3. The molecule has 1 aromatic heterocycles. The Morgan fingerprint density at radius 3 is 2.22 bits per heavy atom. The van der Waals surface area contributed by atoms with Gasteiger partial charge in [0.25, 0.3) is 0 Å². The predicted molar refractivity (Wildman–Crippen MR) is 139 cm³/mol. The zero-order valence-corrected chi connectivity index (χ0v) is 21.1. The number of hydrogen-bond acceptors (Lipinski definition) is 6. The summed E-state index contributed by atoms with van der Waals surface area (Å²) in [6.45, 7) is 0. The van der Waals surface area contributed by atoms with Crippen LogP contribution >= 0.6 is 0 Å². The average molecular weight is 517 g/mol. The number of rotatable bonds is 7. The van der Waals surface area contributed by atoms with E-state index in [4.69, 9.17) is 0 Å². The van der Waals surface area contributed by atoms with Crippen molar-refractivity contribution in [2.75, 3.05) is 5.32 Å². The van der Waals surface area contributed by atoms with Crippen LogP contribution in [0.25, 0.3) is 11.1 Å². The molecule has 0 bridgehead atoms. The molecular formula is C27H28N6O3S. The van der Waals surface area contributed by atoms with E-state index in [2.05, 4.69) is 25.3 Å². The third-order valence-electron chi connectivity index (χ3n) is 6.85. The van der Waals surface area contributed by atoms with E-state index < -0.39 is 15.6 Å². The highest BCUT2D eigenvalue weighted by Gasteiger charge is 2.37. The number of anilines is 1. The summed E-state index contributed by atoms with van der Waals surface area (Å²) in [6, 6.07) is 17.6. The fourth-order valence-electron chi connectivity index (χ4n) is 4.72. The van der Waals surface area contributed by atoms with Gasteiger partial charge in [-0.2, -0.15) is 5.26 Å². The highest BCUT2D eigenvalue weighted by Crippen LogP contribution is 2.36. The van der Waals surface area contributed by atoms with E-state index in [1.807, 2.05) is 18.2 Å². The van der Waals surface area contributed by atoms with E-state index in [0.29, 0.717) is 11.4 Å². The predicted octanol–water partition coefficient (Wildman–Crippen LogP) is 4.44. The smallest absolute Gasteiger partial charge is 0.319 e. The molecule has 2 aromatic carbocycles. The molecule has 10 heteroatoms. The van der Waals surface area contributed by atoms with Gasteiger partial charge in [-0.25, -0.2) is 27.9 Å². The summed E-state index contributed by atoms with van der Waals surface area (Å²) in [5.74, 6) is 0.0880. The van der Waals surface area contributed by atoms with Crippen molar-refractivity contribution in [2.45, 2.75) is 61.4 Å². The molecule has 0 radical (unpaired) electrons. The van der Waals surface area contributed by atoms with E-state index in [1.54, 1.807) is 48.7 Å². The largest absolute Gasteiger partial charge is 0.327 e. The minimum Gasteiger partial charge on any atom is -0.327 e. The second kappa shape index (κ2) is 10.3. The summed E-state index contributed by atoms with van der Waals surface area (Å²) in [7, 11) is -3.49. The maximum Gasteiger partial charge on any atom is 0.319 e. The molecule has 2 saturated carbocycles. The van der Waals surface area contributed by atoms with Crippen LogP contribution in [0.1, 0.15) is 56.5 Å². The van der Waals surface area contributed by atoms with Crippen molar-refractivity contribution < 1.29 is 13.2 Å². The first-order valence-electron chi connectivity index (χ1n) is 12.4. The second-order valence-electron chi connectivity index (χ2n) is 9.60. The Morgan fingerprint density at radius 2 is 1.59 bits per heavy atom. The second-order valence-corrected chi connectivity index (χ2v) is 11.3. The third-order valence-corrected chi connectivity index (χ3v) is 8.38. The Bertz CT molecular complexity index is 1420. The first kappa shape index (κ1) is 24.9. The zero-order valence-electron chi connectivity index (χ0n) is 20.3. The maximum atomic E-state index is 13.0. The number of nitrogens with zero attached hydrogens (tertiary/aromatic N) is 3. The molecule has 3 aromatic rings. The highest BCUT2D eigenvalue weighted by molar-refractivity contribution is 7.89. The number of nitriles is 1. The molecule has 37 heavy (non-hydrogen) atoms. The van der Waals surface area contributed by atoms with Gasteiger partial charge in [-0.05, 0) is 67.1 Å². The Balaban J connectivity index is 1.26. The van der Waals surface area contributed by atoms with Gasteiger partial charge in [0.1, 0.15) is 6.07 Å². The molecule has 0 atom stereocenters. The molecule has 2 fully saturated rings. The summed E-state index contributed by atoms with van der Waals surface area (Å²) in [6.07, 6.45) is 7.81. The third kappa shape index (κ3) is 5.79. The van der Waals surface area contributed by atoms with E-state index >= 15 is 0 Å². The maximum absolute atomic E-state index is 13.0. The van der Waals surface area contributed by atoms with E-state index in [-0.39, 0.29) is 22.8 Å². The number of hydrogen-bond donors (Lipinski definition) is 3. The van der Waals surface area contributed by atoms with Crippen LogP contribution < -0.4 is 15.4 Å². The quantitative estimate of drug-likeness (QED) is 0.425. The number of carbonyl (C=O) groups is 1. The van der Waals surface area contributed by atoms with E-state index in [9.17, 15) is 18.5 Å². The van der Waals surface area contributed by atoms with Crippen molar-refractivity contribution in [3.63, 3.8) is 0 Å². The van der Waals surface area contributed by atoms with Crippen LogP contribution in [-0.4, -0.2) is 30.5 Å². The summed E-state index contributed by atoms with van der Waals surface area (Å²) >= 11 is 0. The lowest BCUT2D eigenvalue weighted by Crippen LogP contribution is -2.49. The average Bonchev–Trinajstić information content (AvgIpc) is 3.73. The lowest BCUT2D eigenvalue weighted by atomic mass is 9.79. The monoisotopic (exact) mass is 516 g/mol. The summed E-state index contributed by atoms with van der Waals surface area (Å²) < 4.78 is 27.5. The van der Waals surface area contributed by atoms with Crippen molar-refractivity contribution in [2.24, 2.45) is 0 Å². The number of aromatic nitrogens is 2. The number of urea groups is 1. The van der Waals surface area contributed by atoms with Crippen molar-refractivity contribution in [1.82, 2.24) is 20.0 Å². The van der Waals surface area contributed by atoms with Crippen LogP contribution in [0, 0.1) is 11.3 Å². The number of amides is 2. The fraction of sp³-hybridized carbons (Fsp3) is 0.333. The van der Waals surface area contributed by atoms with Crippen molar-refractivity contribution >= 4 is 21.7 Å². The van der Waals surface area contributed by atoms with Gasteiger partial charge >= 0.3 is 6.03 Å². The number of sulfonamides is 1. The van der Waals surface area contributed by atoms with Crippen LogP contribution in [0.2, 0.25) is 0 Å². The molecule has 0 aliphatic heterocycles. The van der Waals surface area contributed by atoms with Crippen LogP contribution in [0.15, 0.2) is 65.7 Å². The minimum atomic E-state index is -3.49. The van der Waals surface area contributed by atoms with Gasteiger partial charge < -0.3 is 10.6 Å². The number of carbonyl (C=O) groups excluding carboxylic acids is 1. The molecule has 0 spiro atoms. The Kier molecular flexibility index (Phi) is 6.91. The number of benzene rings is 2. The summed E-state index contributed by atoms with van der Waals surface area (Å²) in [5.41, 5.74) is 2.41. The molecule has 2 aliphatic rings. The van der Waals surface area contributed by atoms with Gasteiger partial charge in [-0.15, -0.1) is 0 Å². The van der Waals surface area contributed by atoms with Gasteiger partial charge in [-0.1, -0.05) is 43.5 Å². The Hall–Kier alpha value is -3.81. The van der Waals surface area contributed by atoms with Crippen LogP contribution in [0.5, 0.6) is 0 Å². The molecule has 190 valence electrons. The van der Waals surface area contributed by atoms with Crippen molar-refractivity contribution in [3.05, 3.63) is 72.3 Å². The van der Waals surface area contributed by atoms with Gasteiger partial charge in [0.2, 0.25) is 15.8 Å². The molecule has 5 rings (SSSR count). The Labute approximate surface area is 216 Å². The van der Waals surface area contributed by atoms with Gasteiger partial charge in [0, 0.05) is 17.9 Å². The van der Waals surface area contributed by atoms with Gasteiger partial charge in [0.05, 0.1) is 16.1 Å². The van der Waals surface area contributed by atoms with Crippen LogP contribution in [0.3, 0.4) is 0 Å². The van der Waals surface area contributed by atoms with Crippen molar-refractivity contribution in [1.29, 1.82) is 5.26 Å². The molecule has 1 heterocycles. The molecular weight excluding hydrogens is 488 g/mol. The minimum absolute atomic E-state index is 0.0610. The van der Waals surface area contributed by atoms with Gasteiger partial charge in [0.15, 0.2) is 0 Å². The fourth-order valence-corrected chi connectivity index (χ4v) is 6.03. The zero-order chi connectivity index (χ0) is 25.9. The SMILES string of the molecule is N#Cc1nccc(C2(NC(=O)Nc3ccc(-c4ccc(S(=O)(=O)NC5CC5)cc4)cc3)CCCCC2)n1. The Morgan fingerprint density at radius 1 is 0.946 bits per heavy atom. The van der Waals surface area contributed by atoms with E-state index in [0.717, 1.165) is 56.1 Å².